The summed E-state index contributed by atoms with van der Waals surface area (Å²) < 4.78 is 5.19. The van der Waals surface area contributed by atoms with Crippen LogP contribution in [0.5, 0.6) is 0 Å². The lowest BCUT2D eigenvalue weighted by atomic mass is 10.1. The van der Waals surface area contributed by atoms with Gasteiger partial charge in [-0.2, -0.15) is 0 Å². The first-order valence-corrected chi connectivity index (χ1v) is 8.90. The smallest absolute Gasteiger partial charge is 0.316 e. The highest BCUT2D eigenvalue weighted by Crippen LogP contribution is 2.14. The van der Waals surface area contributed by atoms with E-state index in [1.54, 1.807) is 24.3 Å². The Morgan fingerprint density at radius 2 is 1.88 bits per heavy atom. The Bertz CT molecular complexity index is 704. The summed E-state index contributed by atoms with van der Waals surface area (Å²) in [6, 6.07) is 14.6. The molecule has 0 aromatic heterocycles. The third kappa shape index (κ3) is 6.64. The van der Waals surface area contributed by atoms with Crippen LogP contribution in [0.15, 0.2) is 48.5 Å². The lowest BCUT2D eigenvalue weighted by Gasteiger charge is -2.07. The molecule has 0 fully saturated rings. The van der Waals surface area contributed by atoms with Gasteiger partial charge in [-0.15, -0.1) is 11.8 Å². The van der Waals surface area contributed by atoms with Crippen LogP contribution in [0.1, 0.15) is 11.1 Å². The molecular weight excluding hydrogens is 346 g/mol. The van der Waals surface area contributed by atoms with Gasteiger partial charge >= 0.3 is 5.97 Å². The second kappa shape index (κ2) is 9.35. The predicted molar refractivity (Wildman–Crippen MR) is 98.4 cm³/mol. The summed E-state index contributed by atoms with van der Waals surface area (Å²) >= 11 is 7.00. The SMILES string of the molecule is Cc1cccc(COC(=O)CSCC(=O)Nc2ccc(Cl)cc2)c1. The third-order valence-electron chi connectivity index (χ3n) is 3.06. The minimum absolute atomic E-state index is 0.139. The van der Waals surface area contributed by atoms with E-state index < -0.39 is 0 Å². The third-order valence-corrected chi connectivity index (χ3v) is 4.22. The number of benzene rings is 2. The average molecular weight is 364 g/mol. The summed E-state index contributed by atoms with van der Waals surface area (Å²) in [5.74, 6) is -0.184. The van der Waals surface area contributed by atoms with E-state index in [0.717, 1.165) is 11.1 Å². The first kappa shape index (κ1) is 18.4. The van der Waals surface area contributed by atoms with Crippen molar-refractivity contribution in [3.63, 3.8) is 0 Å². The Morgan fingerprint density at radius 3 is 2.58 bits per heavy atom. The van der Waals surface area contributed by atoms with E-state index >= 15 is 0 Å². The van der Waals surface area contributed by atoms with Gasteiger partial charge in [-0.05, 0) is 36.8 Å². The molecule has 24 heavy (non-hydrogen) atoms. The summed E-state index contributed by atoms with van der Waals surface area (Å²) in [7, 11) is 0. The van der Waals surface area contributed by atoms with E-state index in [1.807, 2.05) is 31.2 Å². The number of hydrogen-bond donors (Lipinski definition) is 1. The minimum Gasteiger partial charge on any atom is -0.460 e. The van der Waals surface area contributed by atoms with Gasteiger partial charge in [-0.1, -0.05) is 41.4 Å². The first-order valence-electron chi connectivity index (χ1n) is 7.37. The average Bonchev–Trinajstić information content (AvgIpc) is 2.55. The van der Waals surface area contributed by atoms with Crippen molar-refractivity contribution in [3.05, 3.63) is 64.7 Å². The number of rotatable bonds is 7. The molecule has 0 atom stereocenters. The van der Waals surface area contributed by atoms with Gasteiger partial charge in [-0.25, -0.2) is 0 Å². The number of esters is 1. The Morgan fingerprint density at radius 1 is 1.12 bits per heavy atom. The largest absolute Gasteiger partial charge is 0.460 e. The van der Waals surface area contributed by atoms with E-state index in [2.05, 4.69) is 5.32 Å². The predicted octanol–water partition coefficient (Wildman–Crippen LogP) is 4.06. The molecule has 0 heterocycles. The molecular formula is C18H18ClNO3S. The number of halogens is 1. The Hall–Kier alpha value is -1.98. The monoisotopic (exact) mass is 363 g/mol. The number of nitrogens with one attached hydrogen (secondary N) is 1. The van der Waals surface area contributed by atoms with Gasteiger partial charge in [0.2, 0.25) is 5.91 Å². The van der Waals surface area contributed by atoms with Crippen LogP contribution in [0.2, 0.25) is 5.02 Å². The molecule has 6 heteroatoms. The van der Waals surface area contributed by atoms with Crippen LogP contribution >= 0.6 is 23.4 Å². The van der Waals surface area contributed by atoms with Crippen LogP contribution in [0.3, 0.4) is 0 Å². The summed E-state index contributed by atoms with van der Waals surface area (Å²) in [5, 5.41) is 3.35. The maximum absolute atomic E-state index is 11.8. The van der Waals surface area contributed by atoms with Crippen LogP contribution < -0.4 is 5.32 Å². The van der Waals surface area contributed by atoms with Crippen LogP contribution in [-0.4, -0.2) is 23.4 Å². The fourth-order valence-corrected chi connectivity index (χ4v) is 2.70. The van der Waals surface area contributed by atoms with Crippen LogP contribution in [-0.2, 0) is 20.9 Å². The second-order valence-corrected chi connectivity index (χ2v) is 6.62. The zero-order chi connectivity index (χ0) is 17.4. The molecule has 1 amide bonds. The van der Waals surface area contributed by atoms with Crippen molar-refractivity contribution in [2.24, 2.45) is 0 Å². The number of thioether (sulfide) groups is 1. The number of ether oxygens (including phenoxy) is 1. The Labute approximate surface area is 150 Å². The van der Waals surface area contributed by atoms with Gasteiger partial charge in [0.05, 0.1) is 11.5 Å². The number of anilines is 1. The highest BCUT2D eigenvalue weighted by atomic mass is 35.5. The van der Waals surface area contributed by atoms with Gasteiger partial charge in [-0.3, -0.25) is 9.59 Å². The molecule has 0 saturated carbocycles. The minimum atomic E-state index is -0.333. The molecule has 0 unspecified atom stereocenters. The highest BCUT2D eigenvalue weighted by Gasteiger charge is 2.07. The van der Waals surface area contributed by atoms with Crippen molar-refractivity contribution >= 4 is 40.9 Å². The molecule has 0 aliphatic rings. The first-order chi connectivity index (χ1) is 11.5. The molecule has 0 aliphatic carbocycles. The molecule has 126 valence electrons. The molecule has 1 N–H and O–H groups in total. The summed E-state index contributed by atoms with van der Waals surface area (Å²) in [6.07, 6.45) is 0. The molecule has 0 aliphatic heterocycles. The van der Waals surface area contributed by atoms with Gasteiger partial charge in [0, 0.05) is 10.7 Å². The number of aryl methyl sites for hydroxylation is 1. The molecule has 0 spiro atoms. The zero-order valence-corrected chi connectivity index (χ0v) is 14.8. The summed E-state index contributed by atoms with van der Waals surface area (Å²) in [4.78, 5) is 23.5. The Kier molecular flexibility index (Phi) is 7.15. The standard InChI is InChI=1S/C18H18ClNO3S/c1-13-3-2-4-14(9-13)10-23-18(22)12-24-11-17(21)20-16-7-5-15(19)6-8-16/h2-9H,10-12H2,1H3,(H,20,21). The summed E-state index contributed by atoms with van der Waals surface area (Å²) in [6.45, 7) is 2.23. The van der Waals surface area contributed by atoms with Gasteiger partial charge in [0.1, 0.15) is 6.61 Å². The van der Waals surface area contributed by atoms with Gasteiger partial charge in [0.25, 0.3) is 0 Å². The van der Waals surface area contributed by atoms with Crippen LogP contribution in [0, 0.1) is 6.92 Å². The Balaban J connectivity index is 1.65. The molecule has 2 rings (SSSR count). The van der Waals surface area contributed by atoms with E-state index in [1.165, 1.54) is 11.8 Å². The van der Waals surface area contributed by atoms with Crippen molar-refractivity contribution in [2.45, 2.75) is 13.5 Å². The molecule has 4 nitrogen and oxygen atoms in total. The van der Waals surface area contributed by atoms with Gasteiger partial charge in [0.15, 0.2) is 0 Å². The lowest BCUT2D eigenvalue weighted by Crippen LogP contribution is -2.16. The fourth-order valence-electron chi connectivity index (χ4n) is 1.96. The van der Waals surface area contributed by atoms with Crippen LogP contribution in [0.25, 0.3) is 0 Å². The van der Waals surface area contributed by atoms with Crippen molar-refractivity contribution in [2.75, 3.05) is 16.8 Å². The fraction of sp³-hybridized carbons (Fsp3) is 0.222. The van der Waals surface area contributed by atoms with Crippen molar-refractivity contribution in [1.29, 1.82) is 0 Å². The lowest BCUT2D eigenvalue weighted by molar-refractivity contribution is -0.141. The highest BCUT2D eigenvalue weighted by molar-refractivity contribution is 8.00. The molecule has 2 aromatic carbocycles. The van der Waals surface area contributed by atoms with E-state index in [0.29, 0.717) is 10.7 Å². The number of carbonyl (C=O) groups excluding carboxylic acids is 2. The topological polar surface area (TPSA) is 55.4 Å². The van der Waals surface area contributed by atoms with Crippen LogP contribution in [0.4, 0.5) is 5.69 Å². The quantitative estimate of drug-likeness (QED) is 0.753. The number of hydrogen-bond acceptors (Lipinski definition) is 4. The molecule has 2 aromatic rings. The maximum atomic E-state index is 11.8. The summed E-state index contributed by atoms with van der Waals surface area (Å²) in [5.41, 5.74) is 2.75. The normalized spacial score (nSPS) is 10.2. The van der Waals surface area contributed by atoms with Gasteiger partial charge < -0.3 is 10.1 Å². The number of amides is 1. The number of carbonyl (C=O) groups is 2. The molecule has 0 bridgehead atoms. The van der Waals surface area contributed by atoms with Crippen molar-refractivity contribution in [3.8, 4) is 0 Å². The van der Waals surface area contributed by atoms with Crippen molar-refractivity contribution in [1.82, 2.24) is 0 Å². The zero-order valence-electron chi connectivity index (χ0n) is 13.3. The molecule has 0 saturated heterocycles. The molecule has 0 radical (unpaired) electrons. The maximum Gasteiger partial charge on any atom is 0.316 e. The van der Waals surface area contributed by atoms with E-state index in [-0.39, 0.29) is 30.0 Å². The second-order valence-electron chi connectivity index (χ2n) is 5.20. The van der Waals surface area contributed by atoms with E-state index in [4.69, 9.17) is 16.3 Å². The van der Waals surface area contributed by atoms with E-state index in [9.17, 15) is 9.59 Å². The van der Waals surface area contributed by atoms with Crippen molar-refractivity contribution < 1.29 is 14.3 Å².